The number of phenolic OH excluding ortho intramolecular Hbond substituents is 1. The van der Waals surface area contributed by atoms with Crippen LogP contribution in [0, 0.1) is 5.92 Å². The molecule has 0 radical (unpaired) electrons. The van der Waals surface area contributed by atoms with E-state index in [9.17, 15) is 19.5 Å². The zero-order chi connectivity index (χ0) is 26.8. The third-order valence-electron chi connectivity index (χ3n) is 5.56. The number of nitrogens with one attached hydrogen (secondary N) is 2. The maximum Gasteiger partial charge on any atom is 0.408 e. The molecular weight excluding hydrogens is 446 g/mol. The van der Waals surface area contributed by atoms with Crippen molar-refractivity contribution >= 4 is 17.9 Å². The number of benzene rings is 1. The Bertz CT molecular complexity index is 817. The highest BCUT2D eigenvalue weighted by atomic mass is 16.6. The molecule has 0 aliphatic rings. The molecule has 8 nitrogen and oxygen atoms in total. The molecule has 0 saturated heterocycles. The summed E-state index contributed by atoms with van der Waals surface area (Å²) in [6.07, 6.45) is 2.62. The number of carbonyl (C=O) groups excluding carboxylic acids is 3. The van der Waals surface area contributed by atoms with Crippen molar-refractivity contribution in [3.05, 3.63) is 29.8 Å². The molecular formula is C27H45N3O5. The monoisotopic (exact) mass is 491 g/mol. The van der Waals surface area contributed by atoms with Crippen LogP contribution in [0.2, 0.25) is 0 Å². The second-order valence-corrected chi connectivity index (χ2v) is 10.6. The highest BCUT2D eigenvalue weighted by Gasteiger charge is 2.37. The predicted molar refractivity (Wildman–Crippen MR) is 138 cm³/mol. The summed E-state index contributed by atoms with van der Waals surface area (Å²) in [7, 11) is 0. The van der Waals surface area contributed by atoms with Crippen LogP contribution in [0.4, 0.5) is 4.79 Å². The molecule has 0 heterocycles. The summed E-state index contributed by atoms with van der Waals surface area (Å²) >= 11 is 0. The number of ether oxygens (including phenoxy) is 1. The Morgan fingerprint density at radius 3 is 2.14 bits per heavy atom. The first-order valence-electron chi connectivity index (χ1n) is 12.6. The lowest BCUT2D eigenvalue weighted by molar-refractivity contribution is -0.144. The lowest BCUT2D eigenvalue weighted by Crippen LogP contribution is -2.54. The number of aromatic hydroxyl groups is 1. The maximum absolute atomic E-state index is 13.8. The van der Waals surface area contributed by atoms with E-state index >= 15 is 0 Å². The minimum atomic E-state index is -0.912. The minimum Gasteiger partial charge on any atom is -0.508 e. The Morgan fingerprint density at radius 1 is 1.03 bits per heavy atom. The summed E-state index contributed by atoms with van der Waals surface area (Å²) < 4.78 is 5.32. The number of unbranched alkanes of at least 4 members (excludes halogenated alkanes) is 1. The largest absolute Gasteiger partial charge is 0.508 e. The van der Waals surface area contributed by atoms with Crippen molar-refractivity contribution in [1.29, 1.82) is 0 Å². The average molecular weight is 492 g/mol. The number of hydrogen-bond donors (Lipinski definition) is 3. The van der Waals surface area contributed by atoms with Crippen LogP contribution in [0.25, 0.3) is 0 Å². The topological polar surface area (TPSA) is 108 Å². The molecule has 0 fully saturated rings. The zero-order valence-electron chi connectivity index (χ0n) is 22.7. The second kappa shape index (κ2) is 14.0. The lowest BCUT2D eigenvalue weighted by atomic mass is 9.97. The highest BCUT2D eigenvalue weighted by molar-refractivity contribution is 5.92. The van der Waals surface area contributed by atoms with Gasteiger partial charge in [0.2, 0.25) is 11.8 Å². The van der Waals surface area contributed by atoms with Gasteiger partial charge < -0.3 is 25.4 Å². The summed E-state index contributed by atoms with van der Waals surface area (Å²) in [4.78, 5) is 41.1. The fourth-order valence-corrected chi connectivity index (χ4v) is 3.66. The van der Waals surface area contributed by atoms with Gasteiger partial charge in [-0.2, -0.15) is 0 Å². The van der Waals surface area contributed by atoms with Crippen LogP contribution in [0.1, 0.15) is 92.7 Å². The first-order chi connectivity index (χ1) is 16.3. The molecule has 3 N–H and O–H groups in total. The highest BCUT2D eigenvalue weighted by Crippen LogP contribution is 2.28. The van der Waals surface area contributed by atoms with Crippen LogP contribution in [-0.2, 0) is 14.3 Å². The van der Waals surface area contributed by atoms with Gasteiger partial charge in [0.1, 0.15) is 23.4 Å². The van der Waals surface area contributed by atoms with Crippen molar-refractivity contribution in [1.82, 2.24) is 15.5 Å². The number of rotatable bonds is 12. The predicted octanol–water partition coefficient (Wildman–Crippen LogP) is 4.92. The Labute approximate surface area is 210 Å². The van der Waals surface area contributed by atoms with Gasteiger partial charge in [-0.25, -0.2) is 4.79 Å². The number of hydrogen-bond acceptors (Lipinski definition) is 5. The van der Waals surface area contributed by atoms with E-state index in [1.165, 1.54) is 12.1 Å². The first-order valence-corrected chi connectivity index (χ1v) is 12.6. The molecule has 0 aliphatic carbocycles. The summed E-state index contributed by atoms with van der Waals surface area (Å²) in [6, 6.07) is 4.22. The first kappa shape index (κ1) is 30.3. The Hall–Kier alpha value is -2.77. The maximum atomic E-state index is 13.8. The van der Waals surface area contributed by atoms with Crippen molar-refractivity contribution in [2.75, 3.05) is 6.54 Å². The van der Waals surface area contributed by atoms with E-state index in [0.29, 0.717) is 24.4 Å². The smallest absolute Gasteiger partial charge is 0.408 e. The fraction of sp³-hybridized carbons (Fsp3) is 0.667. The van der Waals surface area contributed by atoms with Crippen molar-refractivity contribution in [3.8, 4) is 5.75 Å². The third-order valence-corrected chi connectivity index (χ3v) is 5.56. The quantitative estimate of drug-likeness (QED) is 0.360. The van der Waals surface area contributed by atoms with Gasteiger partial charge in [-0.1, -0.05) is 39.3 Å². The molecule has 0 spiro atoms. The zero-order valence-corrected chi connectivity index (χ0v) is 22.7. The van der Waals surface area contributed by atoms with E-state index in [1.54, 1.807) is 44.7 Å². The molecule has 35 heavy (non-hydrogen) atoms. The number of carbonyl (C=O) groups is 3. The summed E-state index contributed by atoms with van der Waals surface area (Å²) in [5.74, 6) is -0.170. The van der Waals surface area contributed by atoms with Crippen LogP contribution in [0.5, 0.6) is 5.75 Å². The van der Waals surface area contributed by atoms with Crippen LogP contribution >= 0.6 is 0 Å². The van der Waals surface area contributed by atoms with Gasteiger partial charge in [0, 0.05) is 12.6 Å². The van der Waals surface area contributed by atoms with Gasteiger partial charge >= 0.3 is 6.09 Å². The SMILES string of the molecule is CCCCNC(=O)C(c1ccc(O)cc1)N(C(=O)C(C)NC(=O)OC(C)(C)C)C(C)CCC(C)C. The van der Waals surface area contributed by atoms with Crippen molar-refractivity contribution in [3.63, 3.8) is 0 Å². The summed E-state index contributed by atoms with van der Waals surface area (Å²) in [5.41, 5.74) is -0.115. The lowest BCUT2D eigenvalue weighted by Gasteiger charge is -2.38. The number of phenols is 1. The van der Waals surface area contributed by atoms with E-state index in [2.05, 4.69) is 24.5 Å². The standard InChI is InChI=1S/C27H45N3O5/c1-9-10-17-28-24(32)23(21-13-15-22(31)16-14-21)30(19(4)12-11-18(2)3)25(33)20(5)29-26(34)35-27(6,7)8/h13-16,18-20,23,31H,9-12,17H2,1-8H3,(H,28,32)(H,29,34). The van der Waals surface area contributed by atoms with Gasteiger partial charge in [0.15, 0.2) is 0 Å². The van der Waals surface area contributed by atoms with E-state index < -0.39 is 23.8 Å². The minimum absolute atomic E-state index is 0.0737. The molecule has 3 atom stereocenters. The van der Waals surface area contributed by atoms with Gasteiger partial charge in [-0.3, -0.25) is 9.59 Å². The molecule has 1 aromatic rings. The molecule has 1 rings (SSSR count). The molecule has 3 unspecified atom stereocenters. The molecule has 0 aromatic heterocycles. The van der Waals surface area contributed by atoms with Gasteiger partial charge in [-0.05, 0) is 77.5 Å². The average Bonchev–Trinajstić information content (AvgIpc) is 2.74. The van der Waals surface area contributed by atoms with E-state index in [4.69, 9.17) is 4.74 Å². The summed E-state index contributed by atoms with van der Waals surface area (Å²) in [6.45, 7) is 15.5. The number of alkyl carbamates (subject to hydrolysis) is 1. The molecule has 0 bridgehead atoms. The molecule has 0 aliphatic heterocycles. The fourth-order valence-electron chi connectivity index (χ4n) is 3.66. The Kier molecular flexibility index (Phi) is 12.1. The van der Waals surface area contributed by atoms with E-state index in [-0.39, 0.29) is 23.6 Å². The third kappa shape index (κ3) is 10.6. The van der Waals surface area contributed by atoms with Gasteiger partial charge in [-0.15, -0.1) is 0 Å². The van der Waals surface area contributed by atoms with E-state index in [0.717, 1.165) is 19.3 Å². The second-order valence-electron chi connectivity index (χ2n) is 10.6. The van der Waals surface area contributed by atoms with Crippen LogP contribution < -0.4 is 10.6 Å². The van der Waals surface area contributed by atoms with Crippen molar-refractivity contribution in [2.45, 2.75) is 105 Å². The Balaban J connectivity index is 3.37. The molecule has 1 aromatic carbocycles. The van der Waals surface area contributed by atoms with Crippen LogP contribution in [0.15, 0.2) is 24.3 Å². The van der Waals surface area contributed by atoms with Crippen molar-refractivity contribution in [2.24, 2.45) is 5.92 Å². The van der Waals surface area contributed by atoms with E-state index in [1.807, 2.05) is 13.8 Å². The Morgan fingerprint density at radius 2 is 1.63 bits per heavy atom. The molecule has 8 heteroatoms. The molecule has 198 valence electrons. The van der Waals surface area contributed by atoms with Crippen molar-refractivity contribution < 1.29 is 24.2 Å². The molecule has 0 saturated carbocycles. The normalized spacial score (nSPS) is 14.1. The van der Waals surface area contributed by atoms with Crippen LogP contribution in [0.3, 0.4) is 0 Å². The van der Waals surface area contributed by atoms with Gasteiger partial charge in [0.25, 0.3) is 0 Å². The molecule has 3 amide bonds. The number of nitrogens with zero attached hydrogens (tertiary/aromatic N) is 1. The number of amides is 3. The van der Waals surface area contributed by atoms with Gasteiger partial charge in [0.05, 0.1) is 0 Å². The summed E-state index contributed by atoms with van der Waals surface area (Å²) in [5, 5.41) is 15.4. The van der Waals surface area contributed by atoms with Crippen LogP contribution in [-0.4, -0.2) is 52.1 Å².